The summed E-state index contributed by atoms with van der Waals surface area (Å²) in [5.41, 5.74) is 0.155. The van der Waals surface area contributed by atoms with E-state index in [9.17, 15) is 19.8 Å². The summed E-state index contributed by atoms with van der Waals surface area (Å²) in [6.07, 6.45) is -3.27. The van der Waals surface area contributed by atoms with Gasteiger partial charge < -0.3 is 53.8 Å². The number of aliphatic hydroxyl groups is 2. The van der Waals surface area contributed by atoms with Crippen LogP contribution in [0.1, 0.15) is 79.2 Å². The lowest BCUT2D eigenvalue weighted by Crippen LogP contribution is -2.69. The Morgan fingerprint density at radius 1 is 1.04 bits per heavy atom. The number of ether oxygens (including phenoxy) is 6. The summed E-state index contributed by atoms with van der Waals surface area (Å²) in [4.78, 5) is 31.9. The first kappa shape index (κ1) is 42.0. The number of aryl methyl sites for hydroxylation is 1. The number of benzene rings is 1. The zero-order valence-corrected chi connectivity index (χ0v) is 33.4. The van der Waals surface area contributed by atoms with Gasteiger partial charge in [-0.1, -0.05) is 51.1 Å². The fourth-order valence-corrected chi connectivity index (χ4v) is 8.85. The van der Waals surface area contributed by atoms with Gasteiger partial charge in [0.05, 0.1) is 29.8 Å². The van der Waals surface area contributed by atoms with Crippen LogP contribution in [0.15, 0.2) is 30.3 Å². The summed E-state index contributed by atoms with van der Waals surface area (Å²) in [7, 11) is 7.27. The van der Waals surface area contributed by atoms with Gasteiger partial charge in [-0.05, 0) is 65.6 Å². The maximum Gasteiger partial charge on any atom is 0.225 e. The van der Waals surface area contributed by atoms with Crippen LogP contribution < -0.4 is 5.32 Å². The Morgan fingerprint density at radius 2 is 1.74 bits per heavy atom. The van der Waals surface area contributed by atoms with E-state index >= 15 is 0 Å². The molecule has 3 N–H and O–H groups in total. The molecule has 4 aliphatic rings. The molecule has 13 nitrogen and oxygen atoms in total. The van der Waals surface area contributed by atoms with Crippen molar-refractivity contribution in [3.05, 3.63) is 35.9 Å². The highest BCUT2D eigenvalue weighted by Gasteiger charge is 2.58. The molecular formula is C40H65N3O10. The normalized spacial score (nSPS) is 43.4. The molecular weight excluding hydrogens is 682 g/mol. The molecule has 2 amide bonds. The Morgan fingerprint density at radius 3 is 2.40 bits per heavy atom. The molecule has 4 heterocycles. The maximum absolute atomic E-state index is 14.4. The molecule has 4 saturated heterocycles. The Labute approximate surface area is 315 Å². The van der Waals surface area contributed by atoms with Gasteiger partial charge in [0.1, 0.15) is 18.3 Å². The van der Waals surface area contributed by atoms with Gasteiger partial charge in [-0.25, -0.2) is 0 Å². The number of nitrogens with zero attached hydrogens (tertiary/aromatic N) is 2. The van der Waals surface area contributed by atoms with Crippen molar-refractivity contribution >= 4 is 11.8 Å². The van der Waals surface area contributed by atoms with Crippen molar-refractivity contribution in [3.63, 3.8) is 0 Å². The van der Waals surface area contributed by atoms with Crippen molar-refractivity contribution in [2.75, 3.05) is 34.8 Å². The molecule has 5 rings (SSSR count). The standard InChI is InChI=1S/C40H65N3O10/c1-23-20-40(47)36(52-38-34(53-40)30(42(7)8)18-24(2)49-38)25(3)33(51-32-21-39(6,48-10)35(45)27(5)50-32)26(4)37(46)41-29(19-31(44)43(9)22-23)17-16-28-14-12-11-13-15-28/h11-15,23-27,29-30,32-36,38,45,47H,16-22H2,1-10H3,(H,41,46)/t23-,24-,25+,26?,27+,29+,30+,32?,33+,34-,35+,36-,38?,39-,40+/m1/s1. The lowest BCUT2D eigenvalue weighted by Gasteiger charge is -2.55. The van der Waals surface area contributed by atoms with Gasteiger partial charge in [-0.15, -0.1) is 0 Å². The number of methoxy groups -OCH3 is 1. The number of aliphatic hydroxyl groups excluding tert-OH is 1. The lowest BCUT2D eigenvalue weighted by atomic mass is 9.80. The molecule has 0 spiro atoms. The van der Waals surface area contributed by atoms with Crippen molar-refractivity contribution in [3.8, 4) is 0 Å². The molecule has 0 saturated carbocycles. The van der Waals surface area contributed by atoms with E-state index in [4.69, 9.17) is 28.4 Å². The van der Waals surface area contributed by atoms with E-state index in [2.05, 4.69) is 10.2 Å². The minimum Gasteiger partial charge on any atom is -0.387 e. The highest BCUT2D eigenvalue weighted by atomic mass is 16.8. The number of nitrogens with one attached hydrogen (secondary N) is 1. The average molecular weight is 748 g/mol. The topological polar surface area (TPSA) is 148 Å². The van der Waals surface area contributed by atoms with E-state index in [1.807, 2.05) is 72.1 Å². The summed E-state index contributed by atoms with van der Waals surface area (Å²) >= 11 is 0. The minimum atomic E-state index is -1.82. The van der Waals surface area contributed by atoms with Crippen molar-refractivity contribution in [1.29, 1.82) is 0 Å². The predicted molar refractivity (Wildman–Crippen MR) is 197 cm³/mol. The van der Waals surface area contributed by atoms with E-state index in [1.165, 1.54) is 0 Å². The van der Waals surface area contributed by atoms with E-state index in [-0.39, 0.29) is 49.1 Å². The predicted octanol–water partition coefficient (Wildman–Crippen LogP) is 3.09. The number of amides is 2. The summed E-state index contributed by atoms with van der Waals surface area (Å²) in [6.45, 7) is 11.6. The molecule has 0 radical (unpaired) electrons. The molecule has 0 bridgehead atoms. The molecule has 13 heteroatoms. The Balaban J connectivity index is 1.52. The Kier molecular flexibility index (Phi) is 13.7. The first-order chi connectivity index (χ1) is 24.9. The molecule has 1 aromatic carbocycles. The Hall–Kier alpha value is -2.20. The molecule has 4 aliphatic heterocycles. The van der Waals surface area contributed by atoms with Crippen LogP contribution in [0.3, 0.4) is 0 Å². The second-order valence-corrected chi connectivity index (χ2v) is 16.8. The third-order valence-electron chi connectivity index (χ3n) is 12.0. The molecule has 0 aromatic heterocycles. The number of hydrogen-bond donors (Lipinski definition) is 3. The van der Waals surface area contributed by atoms with E-state index < -0.39 is 72.4 Å². The van der Waals surface area contributed by atoms with Crippen molar-refractivity contribution in [2.45, 2.75) is 153 Å². The highest BCUT2D eigenvalue weighted by molar-refractivity contribution is 5.81. The minimum absolute atomic E-state index is 0.0865. The smallest absolute Gasteiger partial charge is 0.225 e. The monoisotopic (exact) mass is 747 g/mol. The van der Waals surface area contributed by atoms with Gasteiger partial charge in [0.25, 0.3) is 0 Å². The molecule has 300 valence electrons. The largest absolute Gasteiger partial charge is 0.387 e. The number of hydrogen-bond acceptors (Lipinski definition) is 11. The van der Waals surface area contributed by atoms with Gasteiger partial charge in [0, 0.05) is 58.0 Å². The molecule has 3 unspecified atom stereocenters. The van der Waals surface area contributed by atoms with Crippen molar-refractivity contribution in [1.82, 2.24) is 15.1 Å². The van der Waals surface area contributed by atoms with Crippen LogP contribution >= 0.6 is 0 Å². The van der Waals surface area contributed by atoms with Gasteiger partial charge in [0.2, 0.25) is 11.8 Å². The number of carbonyl (C=O) groups excluding carboxylic acids is 2. The van der Waals surface area contributed by atoms with Crippen LogP contribution in [0.2, 0.25) is 0 Å². The lowest BCUT2D eigenvalue weighted by molar-refractivity contribution is -0.426. The van der Waals surface area contributed by atoms with Gasteiger partial charge in [0.15, 0.2) is 18.4 Å². The van der Waals surface area contributed by atoms with E-state index in [0.717, 1.165) is 5.56 Å². The zero-order chi connectivity index (χ0) is 38.8. The summed E-state index contributed by atoms with van der Waals surface area (Å²) in [5.74, 6) is -3.82. The molecule has 4 fully saturated rings. The second-order valence-electron chi connectivity index (χ2n) is 16.8. The fourth-order valence-electron chi connectivity index (χ4n) is 8.85. The molecule has 0 aliphatic carbocycles. The van der Waals surface area contributed by atoms with Gasteiger partial charge in [-0.3, -0.25) is 9.59 Å². The SMILES string of the molecule is CO[C@]1(C)CC(O[C@@H]2C(C)C(=O)N[C@@H](CCc3ccccc3)CC(=O)N(C)C[C@H](C)C[C@]3(O)O[C@H]4C(O[C@H](C)C[C@@H]4N(C)C)O[C@@H]3[C@H]2C)O[C@@H](C)[C@@H]1O. The number of carbonyl (C=O) groups is 2. The summed E-state index contributed by atoms with van der Waals surface area (Å²) in [5, 5.41) is 26.9. The maximum atomic E-state index is 14.4. The molecule has 1 aromatic rings. The third kappa shape index (κ3) is 9.61. The van der Waals surface area contributed by atoms with Crippen LogP contribution in [0.4, 0.5) is 0 Å². The Bertz CT molecular complexity index is 1370. The van der Waals surface area contributed by atoms with Crippen molar-refractivity contribution in [2.24, 2.45) is 17.8 Å². The van der Waals surface area contributed by atoms with E-state index in [0.29, 0.717) is 25.8 Å². The van der Waals surface area contributed by atoms with Crippen LogP contribution in [0, 0.1) is 17.8 Å². The van der Waals surface area contributed by atoms with Gasteiger partial charge >= 0.3 is 0 Å². The van der Waals surface area contributed by atoms with E-state index in [1.54, 1.807) is 32.9 Å². The average Bonchev–Trinajstić information content (AvgIpc) is 3.10. The molecule has 53 heavy (non-hydrogen) atoms. The summed E-state index contributed by atoms with van der Waals surface area (Å²) in [6, 6.07) is 9.49. The quantitative estimate of drug-likeness (QED) is 0.378. The van der Waals surface area contributed by atoms with Crippen LogP contribution in [-0.4, -0.2) is 139 Å². The van der Waals surface area contributed by atoms with Crippen LogP contribution in [0.25, 0.3) is 0 Å². The fraction of sp³-hybridized carbons (Fsp3) is 0.800. The third-order valence-corrected chi connectivity index (χ3v) is 12.0. The van der Waals surface area contributed by atoms with Crippen LogP contribution in [-0.2, 0) is 44.4 Å². The van der Waals surface area contributed by atoms with Crippen LogP contribution in [0.5, 0.6) is 0 Å². The highest BCUT2D eigenvalue weighted by Crippen LogP contribution is 2.44. The molecule has 15 atom stereocenters. The first-order valence-corrected chi connectivity index (χ1v) is 19.4. The number of likely N-dealkylation sites (N-methyl/N-ethyl adjacent to an activating group) is 1. The van der Waals surface area contributed by atoms with Crippen molar-refractivity contribution < 1.29 is 48.2 Å². The second kappa shape index (κ2) is 17.3. The zero-order valence-electron chi connectivity index (χ0n) is 33.4. The number of fused-ring (bicyclic) bond motifs is 2. The van der Waals surface area contributed by atoms with Gasteiger partial charge in [-0.2, -0.15) is 0 Å². The number of rotatable bonds is 7. The summed E-state index contributed by atoms with van der Waals surface area (Å²) < 4.78 is 38.7. The first-order valence-electron chi connectivity index (χ1n) is 19.4.